The molecule has 0 saturated carbocycles. The second-order valence-electron chi connectivity index (χ2n) is 7.51. The van der Waals surface area contributed by atoms with Crippen LogP contribution < -0.4 is 10.2 Å². The minimum atomic E-state index is -0.546. The number of hydrogen-bond acceptors (Lipinski definition) is 4. The Morgan fingerprint density at radius 1 is 1.06 bits per heavy atom. The molecule has 1 atom stereocenters. The van der Waals surface area contributed by atoms with E-state index in [1.165, 1.54) is 16.7 Å². The molecule has 1 fully saturated rings. The van der Waals surface area contributed by atoms with Crippen molar-refractivity contribution in [3.05, 3.63) is 106 Å². The molecule has 7 heteroatoms. The van der Waals surface area contributed by atoms with Gasteiger partial charge in [0.15, 0.2) is 0 Å². The molecule has 0 bridgehead atoms. The average molecular weight is 474 g/mol. The van der Waals surface area contributed by atoms with Gasteiger partial charge in [0.05, 0.1) is 5.25 Å². The lowest BCUT2D eigenvalue weighted by atomic mass is 10.1. The van der Waals surface area contributed by atoms with E-state index in [9.17, 15) is 14.9 Å². The molecule has 0 aliphatic carbocycles. The van der Waals surface area contributed by atoms with Crippen molar-refractivity contribution in [1.82, 2.24) is 0 Å². The van der Waals surface area contributed by atoms with Crippen LogP contribution >= 0.6 is 23.4 Å². The van der Waals surface area contributed by atoms with Gasteiger partial charge < -0.3 is 5.32 Å². The predicted molar refractivity (Wildman–Crippen MR) is 133 cm³/mol. The van der Waals surface area contributed by atoms with Crippen LogP contribution in [-0.4, -0.2) is 17.1 Å². The van der Waals surface area contributed by atoms with Gasteiger partial charge in [-0.3, -0.25) is 14.5 Å². The summed E-state index contributed by atoms with van der Waals surface area (Å²) in [5, 5.41) is 13.2. The molecule has 1 aliphatic rings. The zero-order valence-electron chi connectivity index (χ0n) is 17.8. The van der Waals surface area contributed by atoms with Crippen molar-refractivity contribution in [1.29, 1.82) is 5.26 Å². The Morgan fingerprint density at radius 3 is 2.39 bits per heavy atom. The third kappa shape index (κ3) is 4.95. The summed E-state index contributed by atoms with van der Waals surface area (Å²) in [4.78, 5) is 28.0. The van der Waals surface area contributed by atoms with E-state index in [4.69, 9.17) is 11.6 Å². The van der Waals surface area contributed by atoms with Crippen LogP contribution in [0.2, 0.25) is 5.02 Å². The van der Waals surface area contributed by atoms with Gasteiger partial charge in [0.2, 0.25) is 5.91 Å². The van der Waals surface area contributed by atoms with Crippen molar-refractivity contribution in [2.24, 2.45) is 0 Å². The Balaban J connectivity index is 1.72. The first-order valence-corrected chi connectivity index (χ1v) is 11.5. The highest BCUT2D eigenvalue weighted by atomic mass is 35.5. The maximum absolute atomic E-state index is 13.4. The van der Waals surface area contributed by atoms with Crippen molar-refractivity contribution < 1.29 is 9.59 Å². The molecule has 1 heterocycles. The Labute approximate surface area is 201 Å². The van der Waals surface area contributed by atoms with E-state index in [0.717, 1.165) is 11.1 Å². The number of para-hydroxylation sites is 2. The number of halogens is 1. The van der Waals surface area contributed by atoms with Gasteiger partial charge in [-0.1, -0.05) is 71.9 Å². The zero-order chi connectivity index (χ0) is 23.4. The maximum atomic E-state index is 13.4. The Hall–Kier alpha value is -3.53. The first-order chi connectivity index (χ1) is 16.0. The van der Waals surface area contributed by atoms with E-state index < -0.39 is 11.2 Å². The third-order valence-electron chi connectivity index (χ3n) is 5.25. The van der Waals surface area contributed by atoms with Crippen LogP contribution in [0.4, 0.5) is 11.4 Å². The van der Waals surface area contributed by atoms with Gasteiger partial charge in [-0.25, -0.2) is 0 Å². The number of nitrogens with zero attached hydrogens (tertiary/aromatic N) is 2. The van der Waals surface area contributed by atoms with E-state index in [1.54, 1.807) is 30.3 Å². The number of nitriles is 1. The highest BCUT2D eigenvalue weighted by Gasteiger charge is 2.40. The summed E-state index contributed by atoms with van der Waals surface area (Å²) in [7, 11) is 0. The fourth-order valence-electron chi connectivity index (χ4n) is 3.53. The highest BCUT2D eigenvalue weighted by molar-refractivity contribution is 8.05. The lowest BCUT2D eigenvalue weighted by molar-refractivity contribution is -0.117. The van der Waals surface area contributed by atoms with Gasteiger partial charge in [0, 0.05) is 16.4 Å². The van der Waals surface area contributed by atoms with Crippen molar-refractivity contribution >= 4 is 46.6 Å². The van der Waals surface area contributed by atoms with E-state index >= 15 is 0 Å². The van der Waals surface area contributed by atoms with Crippen LogP contribution in [0.5, 0.6) is 0 Å². The molecular formula is C26H20ClN3O2S. The van der Waals surface area contributed by atoms with Crippen LogP contribution in [0.1, 0.15) is 11.1 Å². The lowest BCUT2D eigenvalue weighted by Crippen LogP contribution is -2.30. The van der Waals surface area contributed by atoms with E-state index in [2.05, 4.69) is 5.32 Å². The van der Waals surface area contributed by atoms with Gasteiger partial charge in [0.25, 0.3) is 5.91 Å². The monoisotopic (exact) mass is 473 g/mol. The van der Waals surface area contributed by atoms with E-state index in [0.29, 0.717) is 27.8 Å². The summed E-state index contributed by atoms with van der Waals surface area (Å²) in [6, 6.07) is 25.7. The van der Waals surface area contributed by atoms with Crippen LogP contribution in [-0.2, 0) is 16.0 Å². The van der Waals surface area contributed by atoms with Gasteiger partial charge in [0.1, 0.15) is 16.7 Å². The Morgan fingerprint density at radius 2 is 1.73 bits per heavy atom. The van der Waals surface area contributed by atoms with Crippen LogP contribution in [0.15, 0.2) is 89.5 Å². The molecule has 1 unspecified atom stereocenters. The molecule has 0 radical (unpaired) electrons. The number of carbonyl (C=O) groups excluding carboxylic acids is 2. The van der Waals surface area contributed by atoms with Crippen LogP contribution in [0, 0.1) is 18.3 Å². The fourth-order valence-corrected chi connectivity index (χ4v) is 4.97. The second kappa shape index (κ2) is 9.95. The zero-order valence-corrected chi connectivity index (χ0v) is 19.4. The molecular weight excluding hydrogens is 454 g/mol. The summed E-state index contributed by atoms with van der Waals surface area (Å²) in [5.41, 5.74) is 2.96. The van der Waals surface area contributed by atoms with Gasteiger partial charge in [-0.15, -0.1) is 0 Å². The topological polar surface area (TPSA) is 73.2 Å². The standard InChI is InChI=1S/C26H20ClN3O2S/c1-17-7-5-6-10-22(17)29-24(31)21(16-28)26-30(20-8-3-2-4-9-20)25(32)23(33-26)15-18-11-13-19(27)14-12-18/h2-14,23H,15H2,1H3,(H,29,31)/b26-21-. The summed E-state index contributed by atoms with van der Waals surface area (Å²) in [6.45, 7) is 1.88. The smallest absolute Gasteiger partial charge is 0.269 e. The molecule has 5 nitrogen and oxygen atoms in total. The number of nitrogens with one attached hydrogen (secondary N) is 1. The average Bonchev–Trinajstić information content (AvgIpc) is 3.13. The summed E-state index contributed by atoms with van der Waals surface area (Å²) in [5.74, 6) is -0.720. The number of thioether (sulfide) groups is 1. The van der Waals surface area contributed by atoms with E-state index in [-0.39, 0.29) is 11.5 Å². The molecule has 1 aliphatic heterocycles. The molecule has 164 valence electrons. The first-order valence-electron chi connectivity index (χ1n) is 10.3. The number of hydrogen-bond donors (Lipinski definition) is 1. The molecule has 1 saturated heterocycles. The number of carbonyl (C=O) groups is 2. The van der Waals surface area contributed by atoms with Gasteiger partial charge in [-0.05, 0) is 54.8 Å². The summed E-state index contributed by atoms with van der Waals surface area (Å²) in [6.07, 6.45) is 0.450. The number of rotatable bonds is 5. The van der Waals surface area contributed by atoms with Crippen LogP contribution in [0.3, 0.4) is 0 Å². The van der Waals surface area contributed by atoms with Gasteiger partial charge >= 0.3 is 0 Å². The molecule has 0 aromatic heterocycles. The number of aryl methyl sites for hydroxylation is 1. The van der Waals surface area contributed by atoms with Crippen molar-refractivity contribution in [2.75, 3.05) is 10.2 Å². The maximum Gasteiger partial charge on any atom is 0.269 e. The molecule has 33 heavy (non-hydrogen) atoms. The molecule has 4 rings (SSSR count). The normalized spacial score (nSPS) is 16.9. The SMILES string of the molecule is Cc1ccccc1NC(=O)/C(C#N)=C1\SC(Cc2ccc(Cl)cc2)C(=O)N1c1ccccc1. The number of amides is 2. The van der Waals surface area contributed by atoms with E-state index in [1.807, 2.05) is 61.5 Å². The lowest BCUT2D eigenvalue weighted by Gasteiger charge is -2.18. The minimum Gasteiger partial charge on any atom is -0.321 e. The number of anilines is 2. The largest absolute Gasteiger partial charge is 0.321 e. The Bertz CT molecular complexity index is 1270. The molecule has 3 aromatic rings. The first kappa shape index (κ1) is 22.7. The Kier molecular flexibility index (Phi) is 6.83. The third-order valence-corrected chi connectivity index (χ3v) is 6.76. The summed E-state index contributed by atoms with van der Waals surface area (Å²) < 4.78 is 0. The second-order valence-corrected chi connectivity index (χ2v) is 9.14. The number of benzene rings is 3. The predicted octanol–water partition coefficient (Wildman–Crippen LogP) is 5.71. The molecule has 0 spiro atoms. The minimum absolute atomic E-state index is 0.0981. The quantitative estimate of drug-likeness (QED) is 0.380. The highest BCUT2D eigenvalue weighted by Crippen LogP contribution is 2.42. The summed E-state index contributed by atoms with van der Waals surface area (Å²) >= 11 is 7.22. The molecule has 1 N–H and O–H groups in total. The van der Waals surface area contributed by atoms with Crippen molar-refractivity contribution in [3.8, 4) is 6.07 Å². The van der Waals surface area contributed by atoms with Gasteiger partial charge in [-0.2, -0.15) is 5.26 Å². The van der Waals surface area contributed by atoms with Crippen LogP contribution in [0.25, 0.3) is 0 Å². The molecule has 3 aromatic carbocycles. The fraction of sp³-hybridized carbons (Fsp3) is 0.115. The van der Waals surface area contributed by atoms with Crippen molar-refractivity contribution in [2.45, 2.75) is 18.6 Å². The van der Waals surface area contributed by atoms with Crippen molar-refractivity contribution in [3.63, 3.8) is 0 Å². The molecule has 2 amide bonds.